The van der Waals surface area contributed by atoms with Crippen molar-refractivity contribution in [3.8, 4) is 0 Å². The number of aromatic nitrogens is 2. The number of nitrogens with zero attached hydrogens (tertiary/aromatic N) is 2. The zero-order valence-electron chi connectivity index (χ0n) is 10.8. The van der Waals surface area contributed by atoms with Gasteiger partial charge < -0.3 is 14.4 Å². The van der Waals surface area contributed by atoms with Crippen LogP contribution in [0.4, 0.5) is 0 Å². The summed E-state index contributed by atoms with van der Waals surface area (Å²) in [5.74, 6) is -0.500. The van der Waals surface area contributed by atoms with Crippen LogP contribution in [0.3, 0.4) is 0 Å². The summed E-state index contributed by atoms with van der Waals surface area (Å²) in [4.78, 5) is 15.4. The first-order valence-electron chi connectivity index (χ1n) is 6.07. The van der Waals surface area contributed by atoms with Crippen LogP contribution in [0.1, 0.15) is 50.7 Å². The number of methoxy groups -OCH3 is 1. The summed E-state index contributed by atoms with van der Waals surface area (Å²) in [6.45, 7) is 3.68. The van der Waals surface area contributed by atoms with E-state index in [-0.39, 0.29) is 5.92 Å². The molecule has 0 bridgehead atoms. The molecule has 2 rings (SSSR count). The maximum Gasteiger partial charge on any atom is 0.307 e. The Hall–Kier alpha value is -1.43. The zero-order chi connectivity index (χ0) is 13.3. The SMILES string of the molecule is COC(C)(C)c1noc(C2CCCC2C(=O)O)n1. The summed E-state index contributed by atoms with van der Waals surface area (Å²) >= 11 is 0. The summed E-state index contributed by atoms with van der Waals surface area (Å²) in [5, 5.41) is 13.0. The van der Waals surface area contributed by atoms with Gasteiger partial charge in [-0.25, -0.2) is 0 Å². The van der Waals surface area contributed by atoms with Crippen molar-refractivity contribution in [2.45, 2.75) is 44.6 Å². The summed E-state index contributed by atoms with van der Waals surface area (Å²) in [6, 6.07) is 0. The van der Waals surface area contributed by atoms with Gasteiger partial charge in [-0.05, 0) is 26.7 Å². The summed E-state index contributed by atoms with van der Waals surface area (Å²) in [7, 11) is 1.58. The Bertz CT molecular complexity index is 441. The Morgan fingerprint density at radius 3 is 2.83 bits per heavy atom. The number of rotatable bonds is 4. The van der Waals surface area contributed by atoms with Crippen LogP contribution in [-0.4, -0.2) is 28.3 Å². The lowest BCUT2D eigenvalue weighted by molar-refractivity contribution is -0.142. The number of hydrogen-bond donors (Lipinski definition) is 1. The minimum Gasteiger partial charge on any atom is -0.481 e. The van der Waals surface area contributed by atoms with Crippen LogP contribution in [0.5, 0.6) is 0 Å². The predicted molar refractivity (Wildman–Crippen MR) is 62.1 cm³/mol. The van der Waals surface area contributed by atoms with Crippen molar-refractivity contribution < 1.29 is 19.2 Å². The Morgan fingerprint density at radius 2 is 2.22 bits per heavy atom. The molecule has 0 radical (unpaired) electrons. The molecule has 100 valence electrons. The van der Waals surface area contributed by atoms with Gasteiger partial charge in [0.2, 0.25) is 11.7 Å². The molecule has 1 aromatic rings. The first kappa shape index (κ1) is 13.0. The van der Waals surface area contributed by atoms with Crippen molar-refractivity contribution in [2.75, 3.05) is 7.11 Å². The van der Waals surface area contributed by atoms with Gasteiger partial charge in [0.15, 0.2) is 0 Å². The molecule has 0 spiro atoms. The normalized spacial score (nSPS) is 24.4. The van der Waals surface area contributed by atoms with Crippen molar-refractivity contribution in [3.05, 3.63) is 11.7 Å². The van der Waals surface area contributed by atoms with Crippen molar-refractivity contribution in [3.63, 3.8) is 0 Å². The first-order chi connectivity index (χ1) is 8.45. The second-order valence-corrected chi connectivity index (χ2v) is 5.15. The average Bonchev–Trinajstić information content (AvgIpc) is 2.97. The van der Waals surface area contributed by atoms with Gasteiger partial charge >= 0.3 is 5.97 Å². The van der Waals surface area contributed by atoms with Gasteiger partial charge in [-0.3, -0.25) is 4.79 Å². The van der Waals surface area contributed by atoms with Crippen LogP contribution >= 0.6 is 0 Å². The third kappa shape index (κ3) is 2.25. The number of carboxylic acids is 1. The fraction of sp³-hybridized carbons (Fsp3) is 0.750. The minimum absolute atomic E-state index is 0.170. The molecule has 18 heavy (non-hydrogen) atoms. The quantitative estimate of drug-likeness (QED) is 0.883. The largest absolute Gasteiger partial charge is 0.481 e. The molecular weight excluding hydrogens is 236 g/mol. The molecule has 1 fully saturated rings. The molecule has 2 atom stereocenters. The van der Waals surface area contributed by atoms with Crippen LogP contribution < -0.4 is 0 Å². The minimum atomic E-state index is -0.789. The zero-order valence-corrected chi connectivity index (χ0v) is 10.8. The van der Waals surface area contributed by atoms with Gasteiger partial charge in [-0.1, -0.05) is 11.6 Å². The highest BCUT2D eigenvalue weighted by molar-refractivity contribution is 5.71. The fourth-order valence-electron chi connectivity index (χ4n) is 2.27. The smallest absolute Gasteiger partial charge is 0.307 e. The molecule has 1 heterocycles. The number of ether oxygens (including phenoxy) is 1. The van der Waals surface area contributed by atoms with E-state index in [0.29, 0.717) is 18.1 Å². The molecule has 0 aromatic carbocycles. The van der Waals surface area contributed by atoms with Gasteiger partial charge in [0.25, 0.3) is 0 Å². The third-order valence-corrected chi connectivity index (χ3v) is 3.64. The summed E-state index contributed by atoms with van der Waals surface area (Å²) < 4.78 is 10.5. The molecule has 1 aliphatic rings. The number of carbonyl (C=O) groups is 1. The highest BCUT2D eigenvalue weighted by Gasteiger charge is 2.38. The predicted octanol–water partition coefficient (Wildman–Crippen LogP) is 1.92. The van der Waals surface area contributed by atoms with E-state index in [4.69, 9.17) is 14.4 Å². The Balaban J connectivity index is 2.22. The maximum atomic E-state index is 11.1. The maximum absolute atomic E-state index is 11.1. The Morgan fingerprint density at radius 1 is 1.50 bits per heavy atom. The van der Waals surface area contributed by atoms with Crippen LogP contribution in [0, 0.1) is 5.92 Å². The van der Waals surface area contributed by atoms with E-state index in [1.807, 2.05) is 13.8 Å². The number of hydrogen-bond acceptors (Lipinski definition) is 5. The van der Waals surface area contributed by atoms with Crippen LogP contribution in [-0.2, 0) is 15.1 Å². The molecule has 0 aliphatic heterocycles. The molecule has 1 aliphatic carbocycles. The van der Waals surface area contributed by atoms with E-state index in [9.17, 15) is 4.79 Å². The molecule has 1 aromatic heterocycles. The van der Waals surface area contributed by atoms with Gasteiger partial charge in [0.1, 0.15) is 5.60 Å². The molecule has 1 N–H and O–H groups in total. The van der Waals surface area contributed by atoms with E-state index in [2.05, 4.69) is 10.1 Å². The van der Waals surface area contributed by atoms with Crippen molar-refractivity contribution in [2.24, 2.45) is 5.92 Å². The van der Waals surface area contributed by atoms with Gasteiger partial charge in [-0.15, -0.1) is 0 Å². The Labute approximate surface area is 105 Å². The lowest BCUT2D eigenvalue weighted by Gasteiger charge is -2.17. The fourth-order valence-corrected chi connectivity index (χ4v) is 2.27. The van der Waals surface area contributed by atoms with Crippen molar-refractivity contribution in [1.29, 1.82) is 0 Å². The van der Waals surface area contributed by atoms with E-state index in [1.165, 1.54) is 0 Å². The molecule has 1 saturated carbocycles. The summed E-state index contributed by atoms with van der Waals surface area (Å²) in [5.41, 5.74) is -0.626. The lowest BCUT2D eigenvalue weighted by Crippen LogP contribution is -2.22. The highest BCUT2D eigenvalue weighted by atomic mass is 16.5. The van der Waals surface area contributed by atoms with E-state index in [1.54, 1.807) is 7.11 Å². The van der Waals surface area contributed by atoms with Gasteiger partial charge in [0, 0.05) is 7.11 Å². The highest BCUT2D eigenvalue weighted by Crippen LogP contribution is 2.39. The second-order valence-electron chi connectivity index (χ2n) is 5.15. The molecule has 6 heteroatoms. The van der Waals surface area contributed by atoms with Crippen LogP contribution in [0.25, 0.3) is 0 Å². The summed E-state index contributed by atoms with van der Waals surface area (Å²) in [6.07, 6.45) is 2.34. The third-order valence-electron chi connectivity index (χ3n) is 3.64. The van der Waals surface area contributed by atoms with Crippen molar-refractivity contribution >= 4 is 5.97 Å². The number of aliphatic carboxylic acids is 1. The second kappa shape index (κ2) is 4.68. The molecule has 0 saturated heterocycles. The van der Waals surface area contributed by atoms with Gasteiger partial charge in [0.05, 0.1) is 11.8 Å². The van der Waals surface area contributed by atoms with Crippen molar-refractivity contribution in [1.82, 2.24) is 10.1 Å². The van der Waals surface area contributed by atoms with E-state index in [0.717, 1.165) is 12.8 Å². The average molecular weight is 254 g/mol. The first-order valence-corrected chi connectivity index (χ1v) is 6.07. The van der Waals surface area contributed by atoms with E-state index < -0.39 is 17.5 Å². The standard InChI is InChI=1S/C12H18N2O4/c1-12(2,17-3)11-13-9(18-14-11)7-5-4-6-8(7)10(15)16/h7-8H,4-6H2,1-3H3,(H,15,16). The van der Waals surface area contributed by atoms with Gasteiger partial charge in [-0.2, -0.15) is 4.98 Å². The molecule has 0 amide bonds. The number of carboxylic acid groups (broad SMARTS) is 1. The van der Waals surface area contributed by atoms with Crippen LogP contribution in [0.2, 0.25) is 0 Å². The van der Waals surface area contributed by atoms with E-state index >= 15 is 0 Å². The van der Waals surface area contributed by atoms with Crippen LogP contribution in [0.15, 0.2) is 4.52 Å². The topological polar surface area (TPSA) is 85.5 Å². The lowest BCUT2D eigenvalue weighted by atomic mass is 9.96. The molecular formula is C12H18N2O4. The molecule has 6 nitrogen and oxygen atoms in total. The Kier molecular flexibility index (Phi) is 3.38. The monoisotopic (exact) mass is 254 g/mol. The molecule has 2 unspecified atom stereocenters.